The number of hydrogen-bond donors (Lipinski definition) is 0. The third-order valence-corrected chi connectivity index (χ3v) is 6.43. The van der Waals surface area contributed by atoms with E-state index in [0.717, 1.165) is 12.2 Å². The fraction of sp³-hybridized carbons (Fsp3) is 0.429. The molecule has 0 bridgehead atoms. The summed E-state index contributed by atoms with van der Waals surface area (Å²) in [6, 6.07) is 1.35. The van der Waals surface area contributed by atoms with E-state index in [2.05, 4.69) is 13.2 Å². The Kier molecular flexibility index (Phi) is 7.45. The quantitative estimate of drug-likeness (QED) is 0.391. The van der Waals surface area contributed by atoms with E-state index >= 15 is 0 Å². The maximum atomic E-state index is 11.6. The molecule has 0 radical (unpaired) electrons. The third kappa shape index (κ3) is 8.65. The van der Waals surface area contributed by atoms with Gasteiger partial charge in [-0.1, -0.05) is 12.2 Å². The summed E-state index contributed by atoms with van der Waals surface area (Å²) >= 11 is 0. The standard InChI is InChI=1S/C14H24O4Si2/c1-7-11-19(3,4)17-13(15)9-10-14(16)18-20(5,6)12-8-2/h7-10H,1-2,11-12H2,3-6H3. The maximum absolute atomic E-state index is 11.6. The number of rotatable bonds is 8. The van der Waals surface area contributed by atoms with E-state index in [1.807, 2.05) is 26.2 Å². The molecule has 0 amide bonds. The smallest absolute Gasteiger partial charge is 0.317 e. The summed E-state index contributed by atoms with van der Waals surface area (Å²) in [4.78, 5) is 23.2. The van der Waals surface area contributed by atoms with E-state index in [9.17, 15) is 9.59 Å². The van der Waals surface area contributed by atoms with Crippen LogP contribution in [0.4, 0.5) is 0 Å². The van der Waals surface area contributed by atoms with Gasteiger partial charge in [0.1, 0.15) is 0 Å². The molecule has 0 aliphatic rings. The predicted octanol–water partition coefficient (Wildman–Crippen LogP) is 3.41. The molecular weight excluding hydrogens is 288 g/mol. The molecule has 0 N–H and O–H groups in total. The molecule has 20 heavy (non-hydrogen) atoms. The van der Waals surface area contributed by atoms with E-state index in [-0.39, 0.29) is 0 Å². The number of hydrogen-bond acceptors (Lipinski definition) is 4. The van der Waals surface area contributed by atoms with Crippen LogP contribution in [-0.4, -0.2) is 28.6 Å². The summed E-state index contributed by atoms with van der Waals surface area (Å²) in [5.74, 6) is -1.02. The highest BCUT2D eigenvalue weighted by Crippen LogP contribution is 2.13. The SMILES string of the molecule is C=CC[Si](C)(C)OC(=O)C=CC(=O)O[Si](C)(C)CC=C. The van der Waals surface area contributed by atoms with Gasteiger partial charge in [-0.15, -0.1) is 13.2 Å². The summed E-state index contributed by atoms with van der Waals surface area (Å²) in [5.41, 5.74) is 0. The van der Waals surface area contributed by atoms with Gasteiger partial charge in [0.05, 0.1) is 0 Å². The van der Waals surface area contributed by atoms with Gasteiger partial charge in [-0.3, -0.25) is 0 Å². The summed E-state index contributed by atoms with van der Waals surface area (Å²) in [6.45, 7) is 14.9. The molecule has 0 aromatic carbocycles. The molecule has 0 rings (SSSR count). The lowest BCUT2D eigenvalue weighted by Crippen LogP contribution is -2.33. The molecule has 0 fully saturated rings. The van der Waals surface area contributed by atoms with Gasteiger partial charge in [0.2, 0.25) is 0 Å². The zero-order valence-electron chi connectivity index (χ0n) is 12.8. The molecule has 4 nitrogen and oxygen atoms in total. The van der Waals surface area contributed by atoms with E-state index < -0.39 is 28.6 Å². The molecule has 0 aromatic rings. The van der Waals surface area contributed by atoms with Crippen LogP contribution in [0, 0.1) is 0 Å². The molecule has 0 aliphatic carbocycles. The van der Waals surface area contributed by atoms with Crippen molar-refractivity contribution in [1.29, 1.82) is 0 Å². The van der Waals surface area contributed by atoms with Gasteiger partial charge in [-0.2, -0.15) is 0 Å². The van der Waals surface area contributed by atoms with Crippen LogP contribution in [0.3, 0.4) is 0 Å². The number of carbonyl (C=O) groups excluding carboxylic acids is 2. The zero-order valence-corrected chi connectivity index (χ0v) is 14.8. The van der Waals surface area contributed by atoms with Crippen molar-refractivity contribution in [3.05, 3.63) is 37.5 Å². The third-order valence-electron chi connectivity index (χ3n) is 2.38. The van der Waals surface area contributed by atoms with Crippen LogP contribution in [-0.2, 0) is 18.4 Å². The van der Waals surface area contributed by atoms with Crippen LogP contribution in [0.5, 0.6) is 0 Å². The van der Waals surface area contributed by atoms with E-state index in [4.69, 9.17) is 8.85 Å². The van der Waals surface area contributed by atoms with Crippen molar-refractivity contribution in [1.82, 2.24) is 0 Å². The fourth-order valence-electron chi connectivity index (χ4n) is 1.53. The molecule has 0 atom stereocenters. The molecule has 0 spiro atoms. The highest BCUT2D eigenvalue weighted by atomic mass is 28.4. The molecule has 112 valence electrons. The average Bonchev–Trinajstić information content (AvgIpc) is 2.24. The summed E-state index contributed by atoms with van der Waals surface area (Å²) in [6.07, 6.45) is 5.72. The Morgan fingerprint density at radius 3 is 1.40 bits per heavy atom. The van der Waals surface area contributed by atoms with Gasteiger partial charge >= 0.3 is 11.9 Å². The van der Waals surface area contributed by atoms with E-state index in [0.29, 0.717) is 12.1 Å². The number of allylic oxidation sites excluding steroid dienone is 2. The summed E-state index contributed by atoms with van der Waals surface area (Å²) < 4.78 is 10.7. The van der Waals surface area contributed by atoms with Crippen molar-refractivity contribution in [2.75, 3.05) is 0 Å². The first-order valence-electron chi connectivity index (χ1n) is 6.48. The lowest BCUT2D eigenvalue weighted by atomic mass is 10.5. The Balaban J connectivity index is 4.42. The van der Waals surface area contributed by atoms with Gasteiger partial charge in [-0.05, 0) is 38.3 Å². The van der Waals surface area contributed by atoms with E-state index in [1.54, 1.807) is 12.2 Å². The highest BCUT2D eigenvalue weighted by Gasteiger charge is 2.26. The van der Waals surface area contributed by atoms with Crippen LogP contribution in [0.15, 0.2) is 37.5 Å². The second-order valence-corrected chi connectivity index (χ2v) is 13.9. The Morgan fingerprint density at radius 1 is 0.850 bits per heavy atom. The van der Waals surface area contributed by atoms with Gasteiger partial charge in [-0.25, -0.2) is 9.59 Å². The summed E-state index contributed by atoms with van der Waals surface area (Å²) in [5, 5.41) is 0. The van der Waals surface area contributed by atoms with Gasteiger partial charge < -0.3 is 8.85 Å². The molecule has 0 saturated heterocycles. The zero-order chi connectivity index (χ0) is 15.8. The minimum atomic E-state index is -2.07. The lowest BCUT2D eigenvalue weighted by Gasteiger charge is -2.20. The van der Waals surface area contributed by atoms with Crippen LogP contribution >= 0.6 is 0 Å². The second kappa shape index (κ2) is 8.01. The van der Waals surface area contributed by atoms with Crippen molar-refractivity contribution in [3.8, 4) is 0 Å². The average molecular weight is 313 g/mol. The monoisotopic (exact) mass is 312 g/mol. The Bertz CT molecular complexity index is 373. The van der Waals surface area contributed by atoms with Crippen LogP contribution in [0.25, 0.3) is 0 Å². The van der Waals surface area contributed by atoms with Gasteiger partial charge in [0.25, 0.3) is 16.6 Å². The molecule has 0 aliphatic heterocycles. The van der Waals surface area contributed by atoms with Crippen LogP contribution < -0.4 is 0 Å². The molecule has 0 aromatic heterocycles. The van der Waals surface area contributed by atoms with Crippen molar-refractivity contribution < 1.29 is 18.4 Å². The minimum absolute atomic E-state index is 0.510. The van der Waals surface area contributed by atoms with Crippen molar-refractivity contribution in [3.63, 3.8) is 0 Å². The first kappa shape index (κ1) is 18.6. The summed E-state index contributed by atoms with van der Waals surface area (Å²) in [7, 11) is -4.15. The minimum Gasteiger partial charge on any atom is -0.516 e. The normalized spacial score (nSPS) is 12.0. The molecular formula is C14H24O4Si2. The van der Waals surface area contributed by atoms with Crippen LogP contribution in [0.1, 0.15) is 0 Å². The van der Waals surface area contributed by atoms with E-state index in [1.165, 1.54) is 0 Å². The first-order valence-corrected chi connectivity index (χ1v) is 12.7. The van der Waals surface area contributed by atoms with Crippen molar-refractivity contribution in [2.24, 2.45) is 0 Å². The highest BCUT2D eigenvalue weighted by molar-refractivity contribution is 6.73. The molecule has 0 heterocycles. The largest absolute Gasteiger partial charge is 0.516 e. The van der Waals surface area contributed by atoms with Gasteiger partial charge in [0, 0.05) is 12.2 Å². The molecule has 0 unspecified atom stereocenters. The topological polar surface area (TPSA) is 52.6 Å². The Morgan fingerprint density at radius 2 is 1.15 bits per heavy atom. The molecule has 0 saturated carbocycles. The number of carbonyl (C=O) groups is 2. The van der Waals surface area contributed by atoms with Crippen LogP contribution in [0.2, 0.25) is 38.3 Å². The van der Waals surface area contributed by atoms with Crippen molar-refractivity contribution >= 4 is 28.6 Å². The molecule has 6 heteroatoms. The maximum Gasteiger partial charge on any atom is 0.317 e. The van der Waals surface area contributed by atoms with Gasteiger partial charge in [0.15, 0.2) is 0 Å². The second-order valence-electron chi connectivity index (χ2n) is 5.68. The Labute approximate surface area is 123 Å². The Hall–Kier alpha value is -1.41. The predicted molar refractivity (Wildman–Crippen MR) is 86.3 cm³/mol. The lowest BCUT2D eigenvalue weighted by molar-refractivity contribution is -0.132. The first-order chi connectivity index (χ1) is 9.12. The fourth-order valence-corrected chi connectivity index (χ4v) is 4.31. The van der Waals surface area contributed by atoms with Crippen molar-refractivity contribution in [2.45, 2.75) is 38.3 Å².